The largest absolute Gasteiger partial charge is 0.325 e. The highest BCUT2D eigenvalue weighted by Gasteiger charge is 2.33. The van der Waals surface area contributed by atoms with Crippen LogP contribution >= 0.6 is 0 Å². The van der Waals surface area contributed by atoms with Crippen LogP contribution in [0.4, 0.5) is 5.69 Å². The SMILES string of the molecule is CC(C)(C)C(=O)CC1C(=O)Nc2ccccc2-c2ccccc21. The lowest BCUT2D eigenvalue weighted by molar-refractivity contribution is -0.129. The molecule has 0 bridgehead atoms. The minimum Gasteiger partial charge on any atom is -0.325 e. The minimum absolute atomic E-state index is 0.0957. The first-order valence-electron chi connectivity index (χ1n) is 7.90. The molecule has 3 heteroatoms. The summed E-state index contributed by atoms with van der Waals surface area (Å²) >= 11 is 0. The van der Waals surface area contributed by atoms with Crippen LogP contribution in [-0.2, 0) is 9.59 Å². The summed E-state index contributed by atoms with van der Waals surface area (Å²) in [5.41, 5.74) is 3.30. The van der Waals surface area contributed by atoms with E-state index in [0.717, 1.165) is 22.4 Å². The van der Waals surface area contributed by atoms with E-state index in [1.165, 1.54) is 0 Å². The lowest BCUT2D eigenvalue weighted by Crippen LogP contribution is -2.28. The van der Waals surface area contributed by atoms with Gasteiger partial charge in [-0.3, -0.25) is 9.59 Å². The first kappa shape index (κ1) is 15.5. The maximum Gasteiger partial charge on any atom is 0.232 e. The minimum atomic E-state index is -0.453. The van der Waals surface area contributed by atoms with Crippen molar-refractivity contribution in [1.82, 2.24) is 0 Å². The molecule has 0 aromatic heterocycles. The number of Topliss-reactive ketones (excluding diaryl/α,β-unsaturated/α-hetero) is 1. The van der Waals surface area contributed by atoms with E-state index in [-0.39, 0.29) is 18.1 Å². The molecule has 2 aromatic rings. The highest BCUT2D eigenvalue weighted by Crippen LogP contribution is 2.40. The predicted octanol–water partition coefficient (Wildman–Crippen LogP) is 4.39. The van der Waals surface area contributed by atoms with E-state index in [2.05, 4.69) is 5.32 Å². The van der Waals surface area contributed by atoms with Gasteiger partial charge in [0.2, 0.25) is 5.91 Å². The van der Waals surface area contributed by atoms with Crippen LogP contribution in [0, 0.1) is 5.41 Å². The first-order valence-corrected chi connectivity index (χ1v) is 7.90. The molecular formula is C20H21NO2. The summed E-state index contributed by atoms with van der Waals surface area (Å²) in [7, 11) is 0. The van der Waals surface area contributed by atoms with Gasteiger partial charge in [-0.25, -0.2) is 0 Å². The van der Waals surface area contributed by atoms with Crippen LogP contribution in [0.2, 0.25) is 0 Å². The Labute approximate surface area is 136 Å². The average molecular weight is 307 g/mol. The lowest BCUT2D eigenvalue weighted by atomic mass is 9.81. The smallest absolute Gasteiger partial charge is 0.232 e. The molecule has 1 atom stereocenters. The average Bonchev–Trinajstić information content (AvgIpc) is 2.62. The summed E-state index contributed by atoms with van der Waals surface area (Å²) in [6, 6.07) is 15.6. The fraction of sp³-hybridized carbons (Fsp3) is 0.300. The van der Waals surface area contributed by atoms with Gasteiger partial charge < -0.3 is 5.32 Å². The number of nitrogens with one attached hydrogen (secondary N) is 1. The molecule has 0 aliphatic carbocycles. The predicted molar refractivity (Wildman–Crippen MR) is 92.3 cm³/mol. The Hall–Kier alpha value is -2.42. The van der Waals surface area contributed by atoms with E-state index in [0.29, 0.717) is 0 Å². The number of carbonyl (C=O) groups is 2. The summed E-state index contributed by atoms with van der Waals surface area (Å²) in [4.78, 5) is 25.2. The number of para-hydroxylation sites is 1. The van der Waals surface area contributed by atoms with Crippen molar-refractivity contribution >= 4 is 17.4 Å². The zero-order chi connectivity index (χ0) is 16.6. The van der Waals surface area contributed by atoms with Crippen LogP contribution in [0.25, 0.3) is 11.1 Å². The summed E-state index contributed by atoms with van der Waals surface area (Å²) in [6.45, 7) is 5.68. The summed E-state index contributed by atoms with van der Waals surface area (Å²) in [6.07, 6.45) is 0.223. The zero-order valence-corrected chi connectivity index (χ0v) is 13.7. The Bertz CT molecular complexity index is 771. The Balaban J connectivity index is 2.10. The molecule has 1 unspecified atom stereocenters. The molecule has 2 aromatic carbocycles. The van der Waals surface area contributed by atoms with E-state index in [9.17, 15) is 9.59 Å². The van der Waals surface area contributed by atoms with E-state index >= 15 is 0 Å². The molecule has 1 aliphatic rings. The van der Waals surface area contributed by atoms with Gasteiger partial charge in [-0.15, -0.1) is 0 Å². The van der Waals surface area contributed by atoms with Gasteiger partial charge in [0.25, 0.3) is 0 Å². The summed E-state index contributed by atoms with van der Waals surface area (Å²) < 4.78 is 0. The van der Waals surface area contributed by atoms with Gasteiger partial charge in [0, 0.05) is 23.1 Å². The fourth-order valence-corrected chi connectivity index (χ4v) is 2.93. The van der Waals surface area contributed by atoms with Crippen molar-refractivity contribution in [2.75, 3.05) is 5.32 Å². The van der Waals surface area contributed by atoms with Crippen molar-refractivity contribution in [3.8, 4) is 11.1 Å². The third kappa shape index (κ3) is 2.91. The number of rotatable bonds is 2. The quantitative estimate of drug-likeness (QED) is 0.894. The van der Waals surface area contributed by atoms with Gasteiger partial charge in [0.1, 0.15) is 5.78 Å². The van der Waals surface area contributed by atoms with Crippen molar-refractivity contribution in [3.63, 3.8) is 0 Å². The number of ketones is 1. The van der Waals surface area contributed by atoms with E-state index in [1.54, 1.807) is 0 Å². The molecular weight excluding hydrogens is 286 g/mol. The molecule has 1 aliphatic heterocycles. The maximum absolute atomic E-state index is 12.7. The van der Waals surface area contributed by atoms with Crippen LogP contribution in [-0.4, -0.2) is 11.7 Å². The number of hydrogen-bond acceptors (Lipinski definition) is 2. The van der Waals surface area contributed by atoms with Gasteiger partial charge in [0.15, 0.2) is 0 Å². The van der Waals surface area contributed by atoms with E-state index < -0.39 is 11.3 Å². The molecule has 0 radical (unpaired) electrons. The molecule has 1 N–H and O–H groups in total. The maximum atomic E-state index is 12.7. The number of benzene rings is 2. The van der Waals surface area contributed by atoms with Crippen molar-refractivity contribution < 1.29 is 9.59 Å². The summed E-state index contributed by atoms with van der Waals surface area (Å²) in [5, 5.41) is 2.99. The van der Waals surface area contributed by atoms with Gasteiger partial charge in [-0.2, -0.15) is 0 Å². The molecule has 23 heavy (non-hydrogen) atoms. The van der Waals surface area contributed by atoms with E-state index in [4.69, 9.17) is 0 Å². The topological polar surface area (TPSA) is 46.2 Å². The monoisotopic (exact) mass is 307 g/mol. The molecule has 0 saturated carbocycles. The number of carbonyl (C=O) groups excluding carboxylic acids is 2. The third-order valence-electron chi connectivity index (χ3n) is 4.35. The fourth-order valence-electron chi connectivity index (χ4n) is 2.93. The second kappa shape index (κ2) is 5.65. The van der Waals surface area contributed by atoms with Crippen LogP contribution in [0.15, 0.2) is 48.5 Å². The highest BCUT2D eigenvalue weighted by atomic mass is 16.2. The summed E-state index contributed by atoms with van der Waals surface area (Å²) in [5.74, 6) is -0.469. The van der Waals surface area contributed by atoms with Crippen molar-refractivity contribution in [2.24, 2.45) is 5.41 Å². The van der Waals surface area contributed by atoms with Gasteiger partial charge in [-0.1, -0.05) is 63.2 Å². The van der Waals surface area contributed by atoms with Crippen LogP contribution in [0.5, 0.6) is 0 Å². The Morgan fingerprint density at radius 1 is 1.00 bits per heavy atom. The number of anilines is 1. The standard InChI is InChI=1S/C20H21NO2/c1-20(2,3)18(22)12-16-14-9-5-4-8-13(14)15-10-6-7-11-17(15)21-19(16)23/h4-11,16H,12H2,1-3H3,(H,21,23). The molecule has 0 spiro atoms. The molecule has 1 amide bonds. The third-order valence-corrected chi connectivity index (χ3v) is 4.35. The van der Waals surface area contributed by atoms with Crippen molar-refractivity contribution in [1.29, 1.82) is 0 Å². The van der Waals surface area contributed by atoms with Crippen LogP contribution < -0.4 is 5.32 Å². The Kier molecular flexibility index (Phi) is 3.80. The van der Waals surface area contributed by atoms with Crippen LogP contribution in [0.3, 0.4) is 0 Å². The molecule has 3 nitrogen and oxygen atoms in total. The number of amides is 1. The van der Waals surface area contributed by atoms with Crippen LogP contribution in [0.1, 0.15) is 38.7 Å². The Morgan fingerprint density at radius 2 is 1.61 bits per heavy atom. The second-order valence-corrected chi connectivity index (χ2v) is 7.05. The van der Waals surface area contributed by atoms with Gasteiger partial charge >= 0.3 is 0 Å². The normalized spacial score (nSPS) is 16.8. The van der Waals surface area contributed by atoms with Crippen molar-refractivity contribution in [2.45, 2.75) is 33.1 Å². The molecule has 0 fully saturated rings. The zero-order valence-electron chi connectivity index (χ0n) is 13.7. The first-order chi connectivity index (χ1) is 10.9. The Morgan fingerprint density at radius 3 is 2.30 bits per heavy atom. The molecule has 1 heterocycles. The van der Waals surface area contributed by atoms with Gasteiger partial charge in [0.05, 0.1) is 5.92 Å². The van der Waals surface area contributed by atoms with Gasteiger partial charge in [-0.05, 0) is 17.2 Å². The highest BCUT2D eigenvalue weighted by molar-refractivity contribution is 6.05. The van der Waals surface area contributed by atoms with E-state index in [1.807, 2.05) is 69.3 Å². The lowest BCUT2D eigenvalue weighted by Gasteiger charge is -2.21. The number of hydrogen-bond donors (Lipinski definition) is 1. The molecule has 0 saturated heterocycles. The second-order valence-electron chi connectivity index (χ2n) is 7.05. The molecule has 118 valence electrons. The molecule has 3 rings (SSSR count). The number of fused-ring (bicyclic) bond motifs is 3. The van der Waals surface area contributed by atoms with Crippen molar-refractivity contribution in [3.05, 3.63) is 54.1 Å².